The smallest absolute Gasteiger partial charge is 0.174 e. The third-order valence-corrected chi connectivity index (χ3v) is 3.64. The zero-order chi connectivity index (χ0) is 13.7. The molecule has 0 aliphatic rings. The Morgan fingerprint density at radius 2 is 2.05 bits per heavy atom. The van der Waals surface area contributed by atoms with Crippen LogP contribution in [0.5, 0.6) is 11.5 Å². The molecule has 0 radical (unpaired) electrons. The van der Waals surface area contributed by atoms with Crippen molar-refractivity contribution in [2.75, 3.05) is 13.7 Å². The summed E-state index contributed by atoms with van der Waals surface area (Å²) in [6, 6.07) is 10.0. The zero-order valence-electron chi connectivity index (χ0n) is 11.1. The van der Waals surface area contributed by atoms with Crippen LogP contribution in [-0.2, 0) is 13.5 Å². The lowest BCUT2D eigenvalue weighted by molar-refractivity contribution is -0.671. The van der Waals surface area contributed by atoms with Gasteiger partial charge in [0.2, 0.25) is 0 Å². The van der Waals surface area contributed by atoms with Crippen LogP contribution < -0.4 is 14.0 Å². The molecular formula is C15H17INO2+. The molecule has 1 aromatic heterocycles. The molecule has 0 fully saturated rings. The molecule has 4 heteroatoms. The maximum Gasteiger partial charge on any atom is 0.174 e. The van der Waals surface area contributed by atoms with Gasteiger partial charge < -0.3 is 9.47 Å². The number of hydrogen-bond acceptors (Lipinski definition) is 2. The lowest BCUT2D eigenvalue weighted by Gasteiger charge is -2.11. The second kappa shape index (κ2) is 6.75. The molecule has 1 heterocycles. The predicted octanol–water partition coefficient (Wildman–Crippen LogP) is 2.75. The minimum Gasteiger partial charge on any atom is -0.493 e. The highest BCUT2D eigenvalue weighted by atomic mass is 127. The Labute approximate surface area is 127 Å². The van der Waals surface area contributed by atoms with Gasteiger partial charge >= 0.3 is 0 Å². The number of ether oxygens (including phenoxy) is 2. The van der Waals surface area contributed by atoms with Gasteiger partial charge in [0.1, 0.15) is 7.05 Å². The van der Waals surface area contributed by atoms with E-state index in [4.69, 9.17) is 9.47 Å². The van der Waals surface area contributed by atoms with Gasteiger partial charge in [0, 0.05) is 18.1 Å². The molecular weight excluding hydrogens is 353 g/mol. The van der Waals surface area contributed by atoms with E-state index in [-0.39, 0.29) is 0 Å². The van der Waals surface area contributed by atoms with E-state index in [0.29, 0.717) is 6.61 Å². The number of para-hydroxylation sites is 1. The minimum absolute atomic E-state index is 0.639. The van der Waals surface area contributed by atoms with Gasteiger partial charge in [-0.3, -0.25) is 0 Å². The number of methoxy groups -OCH3 is 1. The molecule has 0 atom stereocenters. The molecule has 0 saturated carbocycles. The number of halogens is 1. The third kappa shape index (κ3) is 3.83. The van der Waals surface area contributed by atoms with E-state index in [2.05, 4.69) is 34.9 Å². The first kappa shape index (κ1) is 14.1. The summed E-state index contributed by atoms with van der Waals surface area (Å²) in [7, 11) is 3.68. The molecule has 0 unspecified atom stereocenters. The van der Waals surface area contributed by atoms with E-state index >= 15 is 0 Å². The zero-order valence-corrected chi connectivity index (χ0v) is 13.3. The van der Waals surface area contributed by atoms with Crippen molar-refractivity contribution in [3.05, 3.63) is 51.9 Å². The van der Waals surface area contributed by atoms with Crippen molar-refractivity contribution < 1.29 is 14.0 Å². The maximum absolute atomic E-state index is 5.86. The Morgan fingerprint density at radius 3 is 2.79 bits per heavy atom. The van der Waals surface area contributed by atoms with Crippen LogP contribution in [0.1, 0.15) is 5.56 Å². The number of aromatic nitrogens is 1. The van der Waals surface area contributed by atoms with Crippen molar-refractivity contribution in [2.24, 2.45) is 7.05 Å². The minimum atomic E-state index is 0.639. The molecule has 0 amide bonds. The van der Waals surface area contributed by atoms with Gasteiger partial charge in [0.05, 0.1) is 17.3 Å². The van der Waals surface area contributed by atoms with Gasteiger partial charge in [0.25, 0.3) is 0 Å². The van der Waals surface area contributed by atoms with E-state index in [1.54, 1.807) is 7.11 Å². The molecule has 100 valence electrons. The van der Waals surface area contributed by atoms with Gasteiger partial charge in [0.15, 0.2) is 23.9 Å². The summed E-state index contributed by atoms with van der Waals surface area (Å²) in [6.45, 7) is 0.639. The summed E-state index contributed by atoms with van der Waals surface area (Å²) in [6.07, 6.45) is 5.01. The molecule has 3 nitrogen and oxygen atoms in total. The molecule has 2 rings (SSSR count). The van der Waals surface area contributed by atoms with Crippen LogP contribution in [0.4, 0.5) is 0 Å². The fourth-order valence-corrected chi connectivity index (χ4v) is 2.49. The Kier molecular flexibility index (Phi) is 5.01. The fraction of sp³-hybridized carbons (Fsp3) is 0.267. The Balaban J connectivity index is 2.00. The van der Waals surface area contributed by atoms with Gasteiger partial charge in [-0.15, -0.1) is 0 Å². The highest BCUT2D eigenvalue weighted by Crippen LogP contribution is 2.31. The molecule has 0 bridgehead atoms. The molecule has 2 aromatic rings. The van der Waals surface area contributed by atoms with Gasteiger partial charge in [-0.1, -0.05) is 6.07 Å². The van der Waals surface area contributed by atoms with Gasteiger partial charge in [-0.25, -0.2) is 4.57 Å². The lowest BCUT2D eigenvalue weighted by Crippen LogP contribution is -2.27. The third-order valence-electron chi connectivity index (χ3n) is 2.79. The summed E-state index contributed by atoms with van der Waals surface area (Å²) < 4.78 is 14.3. The van der Waals surface area contributed by atoms with Gasteiger partial charge in [-0.2, -0.15) is 0 Å². The monoisotopic (exact) mass is 370 g/mol. The van der Waals surface area contributed by atoms with E-state index in [1.165, 1.54) is 5.56 Å². The largest absolute Gasteiger partial charge is 0.493 e. The van der Waals surface area contributed by atoms with Crippen LogP contribution in [0, 0.1) is 3.57 Å². The average molecular weight is 370 g/mol. The summed E-state index contributed by atoms with van der Waals surface area (Å²) in [4.78, 5) is 0. The number of nitrogens with zero attached hydrogens (tertiary/aromatic N) is 1. The first-order valence-electron chi connectivity index (χ1n) is 6.10. The van der Waals surface area contributed by atoms with Crippen LogP contribution in [0.3, 0.4) is 0 Å². The van der Waals surface area contributed by atoms with E-state index in [0.717, 1.165) is 21.5 Å². The summed E-state index contributed by atoms with van der Waals surface area (Å²) in [5, 5.41) is 0. The molecule has 0 aliphatic carbocycles. The predicted molar refractivity (Wildman–Crippen MR) is 82.5 cm³/mol. The SMILES string of the molecule is COc1cccc(I)c1OCCc1ccc[n+](C)c1. The molecule has 0 N–H and O–H groups in total. The number of hydrogen-bond donors (Lipinski definition) is 0. The summed E-state index contributed by atoms with van der Waals surface area (Å²) >= 11 is 2.26. The Bertz CT molecular complexity index is 558. The second-order valence-corrected chi connectivity index (χ2v) is 5.41. The lowest BCUT2D eigenvalue weighted by atomic mass is 10.2. The standard InChI is InChI=1S/C15H17INO2/c1-17-9-4-5-12(11-17)8-10-19-15-13(16)6-3-7-14(15)18-2/h3-7,9,11H,8,10H2,1-2H3/q+1. The van der Waals surface area contributed by atoms with Crippen molar-refractivity contribution in [1.82, 2.24) is 0 Å². The van der Waals surface area contributed by atoms with Crippen LogP contribution >= 0.6 is 22.6 Å². The maximum atomic E-state index is 5.86. The van der Waals surface area contributed by atoms with Crippen LogP contribution in [0.25, 0.3) is 0 Å². The van der Waals surface area contributed by atoms with Crippen molar-refractivity contribution in [3.8, 4) is 11.5 Å². The van der Waals surface area contributed by atoms with E-state index in [9.17, 15) is 0 Å². The van der Waals surface area contributed by atoms with E-state index in [1.807, 2.05) is 42.1 Å². The van der Waals surface area contributed by atoms with Crippen molar-refractivity contribution in [3.63, 3.8) is 0 Å². The number of aryl methyl sites for hydroxylation is 1. The van der Waals surface area contributed by atoms with Crippen molar-refractivity contribution in [2.45, 2.75) is 6.42 Å². The highest BCUT2D eigenvalue weighted by Gasteiger charge is 2.08. The number of pyridine rings is 1. The number of rotatable bonds is 5. The van der Waals surface area contributed by atoms with Crippen molar-refractivity contribution in [1.29, 1.82) is 0 Å². The normalized spacial score (nSPS) is 10.3. The molecule has 0 aliphatic heterocycles. The Morgan fingerprint density at radius 1 is 1.21 bits per heavy atom. The molecule has 1 aromatic carbocycles. The first-order valence-corrected chi connectivity index (χ1v) is 7.18. The molecule has 0 spiro atoms. The van der Waals surface area contributed by atoms with Crippen LogP contribution in [0.15, 0.2) is 42.7 Å². The summed E-state index contributed by atoms with van der Waals surface area (Å²) in [5.41, 5.74) is 1.26. The highest BCUT2D eigenvalue weighted by molar-refractivity contribution is 14.1. The topological polar surface area (TPSA) is 22.3 Å². The van der Waals surface area contributed by atoms with Crippen LogP contribution in [-0.4, -0.2) is 13.7 Å². The van der Waals surface area contributed by atoms with E-state index < -0.39 is 0 Å². The molecule has 0 saturated heterocycles. The van der Waals surface area contributed by atoms with Gasteiger partial charge in [-0.05, 0) is 40.8 Å². The summed E-state index contributed by atoms with van der Waals surface area (Å²) in [5.74, 6) is 1.61. The first-order chi connectivity index (χ1) is 9.20. The fourth-order valence-electron chi connectivity index (χ4n) is 1.86. The Hall–Kier alpha value is -1.30. The average Bonchev–Trinajstić information content (AvgIpc) is 2.40. The van der Waals surface area contributed by atoms with Crippen molar-refractivity contribution >= 4 is 22.6 Å². The van der Waals surface area contributed by atoms with Crippen LogP contribution in [0.2, 0.25) is 0 Å². The molecule has 19 heavy (non-hydrogen) atoms. The second-order valence-electron chi connectivity index (χ2n) is 4.25. The number of benzene rings is 1. The quantitative estimate of drug-likeness (QED) is 0.597.